The summed E-state index contributed by atoms with van der Waals surface area (Å²) >= 11 is 11.2. The maximum absolute atomic E-state index is 9.21. The van der Waals surface area contributed by atoms with Crippen molar-refractivity contribution in [2.75, 3.05) is 6.61 Å². The van der Waals surface area contributed by atoms with Gasteiger partial charge in [-0.15, -0.1) is 23.2 Å². The Labute approximate surface area is 149 Å². The third-order valence-electron chi connectivity index (χ3n) is 3.06. The van der Waals surface area contributed by atoms with Crippen LogP contribution in [-0.4, -0.2) is 16.8 Å². The monoisotopic (exact) mass is 354 g/mol. The summed E-state index contributed by atoms with van der Waals surface area (Å²) in [4.78, 5) is 0. The molecule has 0 aliphatic rings. The van der Waals surface area contributed by atoms with Crippen molar-refractivity contribution < 1.29 is 10.2 Å². The molecule has 0 fully saturated rings. The van der Waals surface area contributed by atoms with E-state index in [-0.39, 0.29) is 14.0 Å². The molecule has 0 amide bonds. The highest BCUT2D eigenvalue weighted by atomic mass is 35.5. The maximum atomic E-state index is 9.21. The van der Waals surface area contributed by atoms with Crippen LogP contribution in [0.4, 0.5) is 0 Å². The van der Waals surface area contributed by atoms with Crippen LogP contribution in [0.1, 0.15) is 35.8 Å². The fourth-order valence-corrected chi connectivity index (χ4v) is 2.03. The molecule has 126 valence electrons. The van der Waals surface area contributed by atoms with Gasteiger partial charge in [-0.2, -0.15) is 0 Å². The molecule has 2 aromatic carbocycles. The molecule has 2 nitrogen and oxygen atoms in total. The number of hydrogen-bond acceptors (Lipinski definition) is 2. The summed E-state index contributed by atoms with van der Waals surface area (Å²) in [6.45, 7) is 3.40. The first-order valence-electron chi connectivity index (χ1n) is 6.85. The van der Waals surface area contributed by atoms with Crippen LogP contribution in [0.2, 0.25) is 0 Å². The predicted octanol–water partition coefficient (Wildman–Crippen LogP) is 5.16. The Morgan fingerprint density at radius 2 is 1.35 bits per heavy atom. The van der Waals surface area contributed by atoms with Crippen molar-refractivity contribution in [3.8, 4) is 0 Å². The molecule has 0 heterocycles. The zero-order valence-electron chi connectivity index (χ0n) is 12.3. The summed E-state index contributed by atoms with van der Waals surface area (Å²) in [5, 5.41) is 17.8. The minimum atomic E-state index is -0.783. The van der Waals surface area contributed by atoms with E-state index < -0.39 is 6.10 Å². The van der Waals surface area contributed by atoms with E-state index in [9.17, 15) is 5.11 Å². The summed E-state index contributed by atoms with van der Waals surface area (Å²) in [6.07, 6.45) is 1.03. The fourth-order valence-electron chi connectivity index (χ4n) is 1.68. The second-order valence-electron chi connectivity index (χ2n) is 4.65. The Morgan fingerprint density at radius 3 is 1.70 bits per heavy atom. The van der Waals surface area contributed by atoms with E-state index in [1.165, 1.54) is 0 Å². The normalized spacial score (nSPS) is 10.8. The number of aliphatic hydroxyl groups is 2. The van der Waals surface area contributed by atoms with E-state index in [0.717, 1.165) is 16.7 Å². The summed E-state index contributed by atoms with van der Waals surface area (Å²) in [6, 6.07) is 15.2. The minimum Gasteiger partial charge on any atom is -0.393 e. The van der Waals surface area contributed by atoms with Gasteiger partial charge < -0.3 is 10.2 Å². The van der Waals surface area contributed by atoms with Gasteiger partial charge in [0.2, 0.25) is 0 Å². The fraction of sp³-hybridized carbons (Fsp3) is 0.263. The van der Waals surface area contributed by atoms with Crippen molar-refractivity contribution in [2.45, 2.75) is 25.3 Å². The Bertz CT molecular complexity index is 551. The quantitative estimate of drug-likeness (QED) is 0.728. The zero-order chi connectivity index (χ0) is 16.4. The van der Waals surface area contributed by atoms with Gasteiger partial charge in [0.25, 0.3) is 0 Å². The topological polar surface area (TPSA) is 40.5 Å². The van der Waals surface area contributed by atoms with Gasteiger partial charge in [-0.05, 0) is 22.3 Å². The number of benzene rings is 2. The highest BCUT2D eigenvalue weighted by Crippen LogP contribution is 2.13. The van der Waals surface area contributed by atoms with Crippen LogP contribution in [0.3, 0.4) is 0 Å². The number of alkyl halides is 2. The second-order valence-corrected chi connectivity index (χ2v) is 5.19. The average molecular weight is 355 g/mol. The zero-order valence-corrected chi connectivity index (χ0v) is 13.8. The van der Waals surface area contributed by atoms with Gasteiger partial charge in [-0.3, -0.25) is 0 Å². The average Bonchev–Trinajstić information content (AvgIpc) is 2.61. The highest BCUT2D eigenvalue weighted by molar-refractivity contribution is 6.17. The van der Waals surface area contributed by atoms with E-state index in [2.05, 4.69) is 6.58 Å². The Kier molecular flexibility index (Phi) is 11.4. The van der Waals surface area contributed by atoms with E-state index in [1.807, 2.05) is 42.5 Å². The van der Waals surface area contributed by atoms with E-state index in [1.54, 1.807) is 12.1 Å². The van der Waals surface area contributed by atoms with Crippen molar-refractivity contribution in [3.05, 3.63) is 77.4 Å². The predicted molar refractivity (Wildman–Crippen MR) is 101 cm³/mol. The summed E-state index contributed by atoms with van der Waals surface area (Å²) in [5.41, 5.74) is 4.00. The first-order valence-corrected chi connectivity index (χ1v) is 7.92. The molecule has 0 aliphatic carbocycles. The van der Waals surface area contributed by atoms with Gasteiger partial charge in [0.15, 0.2) is 0 Å². The number of rotatable bonds is 5. The molecule has 4 heteroatoms. The molecule has 1 atom stereocenters. The molecule has 2 aromatic rings. The van der Waals surface area contributed by atoms with Gasteiger partial charge in [0.05, 0.1) is 6.61 Å². The van der Waals surface area contributed by atoms with Crippen LogP contribution in [0.25, 0.3) is 6.08 Å². The summed E-state index contributed by atoms with van der Waals surface area (Å²) < 4.78 is 0. The molecule has 0 unspecified atom stereocenters. The smallest absolute Gasteiger partial charge is 0.102 e. The molecular weight excluding hydrogens is 331 g/mol. The molecule has 0 radical (unpaired) electrons. The first kappa shape index (κ1) is 21.7. The highest BCUT2D eigenvalue weighted by Gasteiger charge is 2.04. The molecule has 0 saturated carbocycles. The van der Waals surface area contributed by atoms with Gasteiger partial charge in [-0.1, -0.05) is 68.6 Å². The van der Waals surface area contributed by atoms with Crippen molar-refractivity contribution >= 4 is 29.3 Å². The van der Waals surface area contributed by atoms with Gasteiger partial charge in [-0.25, -0.2) is 0 Å². The largest absolute Gasteiger partial charge is 0.393 e. The lowest BCUT2D eigenvalue weighted by Gasteiger charge is -2.06. The molecule has 2 rings (SSSR count). The van der Waals surface area contributed by atoms with Crippen LogP contribution in [0, 0.1) is 0 Å². The van der Waals surface area contributed by atoms with Crippen LogP contribution in [0.15, 0.2) is 55.1 Å². The van der Waals surface area contributed by atoms with Crippen molar-refractivity contribution in [1.29, 1.82) is 0 Å². The van der Waals surface area contributed by atoms with E-state index >= 15 is 0 Å². The van der Waals surface area contributed by atoms with Gasteiger partial charge in [0.1, 0.15) is 6.10 Å². The third kappa shape index (κ3) is 7.67. The molecule has 0 aromatic heterocycles. The molecule has 0 saturated heterocycles. The Hall–Kier alpha value is -1.32. The van der Waals surface area contributed by atoms with Crippen LogP contribution < -0.4 is 0 Å². The van der Waals surface area contributed by atoms with Crippen molar-refractivity contribution in [2.24, 2.45) is 0 Å². The van der Waals surface area contributed by atoms with Crippen molar-refractivity contribution in [3.63, 3.8) is 0 Å². The number of aliphatic hydroxyl groups excluding tert-OH is 2. The minimum absolute atomic E-state index is 0. The van der Waals surface area contributed by atoms with E-state index in [4.69, 9.17) is 28.3 Å². The van der Waals surface area contributed by atoms with E-state index in [0.29, 0.717) is 17.3 Å². The molecule has 0 aliphatic heterocycles. The second kappa shape index (κ2) is 12.1. The Balaban J connectivity index is 0.000000409. The van der Waals surface area contributed by atoms with Crippen LogP contribution in [-0.2, 0) is 11.8 Å². The summed E-state index contributed by atoms with van der Waals surface area (Å²) in [5.74, 6) is 1.05. The maximum Gasteiger partial charge on any atom is 0.102 e. The lowest BCUT2D eigenvalue weighted by molar-refractivity contribution is 0.0956. The first-order chi connectivity index (χ1) is 10.6. The lowest BCUT2D eigenvalue weighted by atomic mass is 10.1. The van der Waals surface area contributed by atoms with Crippen LogP contribution >= 0.6 is 23.2 Å². The molecule has 0 bridgehead atoms. The molecule has 23 heavy (non-hydrogen) atoms. The number of hydrogen-bond donors (Lipinski definition) is 2. The lowest BCUT2D eigenvalue weighted by Crippen LogP contribution is -2.01. The third-order valence-corrected chi connectivity index (χ3v) is 3.68. The Morgan fingerprint density at radius 1 is 0.913 bits per heavy atom. The molecule has 0 spiro atoms. The standard InChI is InChI=1S/C9H11ClO2.C9H9Cl.CH4/c10-5-7-1-3-8(4-2-7)9(12)6-11;1-2-8-3-5-9(7-10)6-4-8;/h1-4,9,11-12H,5-6H2;2-6H,1,7H2;1H4/t9-;;/m0../s1. The summed E-state index contributed by atoms with van der Waals surface area (Å²) in [7, 11) is 0. The SMILES string of the molecule is C.C=Cc1ccc(CCl)cc1.OC[C@H](O)c1ccc(CCl)cc1. The molecule has 2 N–H and O–H groups in total. The number of halogens is 2. The van der Waals surface area contributed by atoms with Crippen molar-refractivity contribution in [1.82, 2.24) is 0 Å². The van der Waals surface area contributed by atoms with Gasteiger partial charge >= 0.3 is 0 Å². The van der Waals surface area contributed by atoms with Crippen LogP contribution in [0.5, 0.6) is 0 Å². The van der Waals surface area contributed by atoms with Gasteiger partial charge in [0, 0.05) is 11.8 Å². The molecular formula is C19H24Cl2O2.